The fourth-order valence-electron chi connectivity index (χ4n) is 1.87. The van der Waals surface area contributed by atoms with E-state index in [1.165, 1.54) is 17.4 Å². The van der Waals surface area contributed by atoms with Crippen LogP contribution in [0.2, 0.25) is 0 Å². The molecule has 0 unspecified atom stereocenters. The minimum Gasteiger partial charge on any atom is -0.347 e. The number of hydrogen-bond donors (Lipinski definition) is 1. The zero-order valence-corrected chi connectivity index (χ0v) is 11.7. The van der Waals surface area contributed by atoms with Crippen molar-refractivity contribution in [3.8, 4) is 0 Å². The Kier molecular flexibility index (Phi) is 3.15. The first kappa shape index (κ1) is 13.0. The Morgan fingerprint density at radius 1 is 1.33 bits per heavy atom. The number of hydrogen-bond acceptors (Lipinski definition) is 2. The molecule has 0 spiro atoms. The van der Waals surface area contributed by atoms with E-state index < -0.39 is 0 Å². The van der Waals surface area contributed by atoms with Crippen molar-refractivity contribution in [3.63, 3.8) is 0 Å². The molecule has 1 aromatic heterocycles. The number of fused-ring (bicyclic) bond motifs is 1. The van der Waals surface area contributed by atoms with Gasteiger partial charge in [-0.3, -0.25) is 4.79 Å². The standard InChI is InChI=1S/C14H16FNOS/c1-8-11-9(15)6-5-7-10(11)18-12(8)13(17)16-14(2,3)4/h5-7H,1-4H3,(H,16,17). The lowest BCUT2D eigenvalue weighted by molar-refractivity contribution is 0.0923. The van der Waals surface area contributed by atoms with Crippen molar-refractivity contribution < 1.29 is 9.18 Å². The molecule has 0 saturated carbocycles. The summed E-state index contributed by atoms with van der Waals surface area (Å²) in [5, 5.41) is 3.46. The van der Waals surface area contributed by atoms with Crippen molar-refractivity contribution >= 4 is 27.3 Å². The van der Waals surface area contributed by atoms with Crippen LogP contribution in [-0.4, -0.2) is 11.4 Å². The van der Waals surface area contributed by atoms with Gasteiger partial charge in [-0.15, -0.1) is 11.3 Å². The Balaban J connectivity index is 2.50. The Morgan fingerprint density at radius 2 is 2.00 bits per heavy atom. The highest BCUT2D eigenvalue weighted by molar-refractivity contribution is 7.21. The van der Waals surface area contributed by atoms with Crippen molar-refractivity contribution in [1.82, 2.24) is 5.32 Å². The van der Waals surface area contributed by atoms with Crippen LogP contribution in [0, 0.1) is 12.7 Å². The van der Waals surface area contributed by atoms with E-state index in [1.807, 2.05) is 26.8 Å². The molecule has 0 aliphatic heterocycles. The molecule has 2 rings (SSSR count). The number of carbonyl (C=O) groups excluding carboxylic acids is 1. The molecule has 0 aliphatic rings. The lowest BCUT2D eigenvalue weighted by atomic mass is 10.1. The van der Waals surface area contributed by atoms with Gasteiger partial charge in [0.1, 0.15) is 5.82 Å². The van der Waals surface area contributed by atoms with E-state index in [0.29, 0.717) is 10.3 Å². The van der Waals surface area contributed by atoms with E-state index in [0.717, 1.165) is 10.3 Å². The molecule has 0 fully saturated rings. The summed E-state index contributed by atoms with van der Waals surface area (Å²) >= 11 is 1.33. The van der Waals surface area contributed by atoms with Gasteiger partial charge in [-0.05, 0) is 45.4 Å². The molecular formula is C14H16FNOS. The lowest BCUT2D eigenvalue weighted by Gasteiger charge is -2.20. The van der Waals surface area contributed by atoms with Crippen LogP contribution in [-0.2, 0) is 0 Å². The third-order valence-electron chi connectivity index (χ3n) is 2.60. The van der Waals surface area contributed by atoms with E-state index in [2.05, 4.69) is 5.32 Å². The molecule has 0 atom stereocenters. The lowest BCUT2D eigenvalue weighted by Crippen LogP contribution is -2.40. The number of thiophene rings is 1. The van der Waals surface area contributed by atoms with Crippen molar-refractivity contribution in [3.05, 3.63) is 34.5 Å². The van der Waals surface area contributed by atoms with E-state index in [-0.39, 0.29) is 17.3 Å². The molecule has 1 N–H and O–H groups in total. The zero-order valence-electron chi connectivity index (χ0n) is 10.9. The maximum Gasteiger partial charge on any atom is 0.262 e. The summed E-state index contributed by atoms with van der Waals surface area (Å²) in [6, 6.07) is 4.93. The Labute approximate surface area is 110 Å². The molecule has 0 bridgehead atoms. The van der Waals surface area contributed by atoms with Gasteiger partial charge in [0.05, 0.1) is 4.88 Å². The van der Waals surface area contributed by atoms with Gasteiger partial charge < -0.3 is 5.32 Å². The summed E-state index contributed by atoms with van der Waals surface area (Å²) in [5.41, 5.74) is 0.424. The van der Waals surface area contributed by atoms with Gasteiger partial charge in [0, 0.05) is 15.6 Å². The smallest absolute Gasteiger partial charge is 0.262 e. The van der Waals surface area contributed by atoms with Crippen LogP contribution in [0.5, 0.6) is 0 Å². The average molecular weight is 265 g/mol. The Bertz CT molecular complexity index is 610. The van der Waals surface area contributed by atoms with Crippen molar-refractivity contribution in [2.24, 2.45) is 0 Å². The van der Waals surface area contributed by atoms with Crippen molar-refractivity contribution in [1.29, 1.82) is 0 Å². The van der Waals surface area contributed by atoms with E-state index in [1.54, 1.807) is 13.0 Å². The summed E-state index contributed by atoms with van der Waals surface area (Å²) in [4.78, 5) is 12.7. The number of nitrogens with one attached hydrogen (secondary N) is 1. The molecule has 1 aromatic carbocycles. The molecule has 18 heavy (non-hydrogen) atoms. The first-order valence-corrected chi connectivity index (χ1v) is 6.61. The molecule has 4 heteroatoms. The maximum atomic E-state index is 13.7. The van der Waals surface area contributed by atoms with Gasteiger partial charge in [0.25, 0.3) is 5.91 Å². The molecule has 0 saturated heterocycles. The fourth-order valence-corrected chi connectivity index (χ4v) is 2.99. The minimum absolute atomic E-state index is 0.138. The number of benzene rings is 1. The number of carbonyl (C=O) groups is 1. The van der Waals surface area contributed by atoms with Gasteiger partial charge in [0.2, 0.25) is 0 Å². The largest absolute Gasteiger partial charge is 0.347 e. The summed E-state index contributed by atoms with van der Waals surface area (Å²) < 4.78 is 14.5. The summed E-state index contributed by atoms with van der Waals surface area (Å²) in [5.74, 6) is -0.406. The Hall–Kier alpha value is -1.42. The average Bonchev–Trinajstić information content (AvgIpc) is 2.55. The molecule has 1 heterocycles. The molecule has 0 radical (unpaired) electrons. The topological polar surface area (TPSA) is 29.1 Å². The maximum absolute atomic E-state index is 13.7. The third kappa shape index (κ3) is 2.38. The second-order valence-corrected chi connectivity index (χ2v) is 6.43. The highest BCUT2D eigenvalue weighted by Gasteiger charge is 2.21. The van der Waals surface area contributed by atoms with Crippen LogP contribution < -0.4 is 5.32 Å². The molecule has 2 aromatic rings. The molecule has 1 amide bonds. The van der Waals surface area contributed by atoms with Gasteiger partial charge in [0.15, 0.2) is 0 Å². The van der Waals surface area contributed by atoms with Crippen LogP contribution in [0.3, 0.4) is 0 Å². The van der Waals surface area contributed by atoms with Crippen LogP contribution in [0.4, 0.5) is 4.39 Å². The molecule has 0 aliphatic carbocycles. The van der Waals surface area contributed by atoms with Crippen LogP contribution in [0.1, 0.15) is 36.0 Å². The predicted molar refractivity (Wildman–Crippen MR) is 73.7 cm³/mol. The first-order valence-electron chi connectivity index (χ1n) is 5.80. The normalized spacial score (nSPS) is 11.8. The number of rotatable bonds is 1. The minimum atomic E-state index is -0.293. The monoisotopic (exact) mass is 265 g/mol. The second kappa shape index (κ2) is 4.35. The van der Waals surface area contributed by atoms with Crippen molar-refractivity contribution in [2.45, 2.75) is 33.2 Å². The predicted octanol–water partition coefficient (Wildman–Crippen LogP) is 3.88. The first-order chi connectivity index (χ1) is 8.29. The number of aryl methyl sites for hydroxylation is 1. The van der Waals surface area contributed by atoms with Gasteiger partial charge >= 0.3 is 0 Å². The Morgan fingerprint density at radius 3 is 2.56 bits per heavy atom. The van der Waals surface area contributed by atoms with Crippen LogP contribution in [0.25, 0.3) is 10.1 Å². The van der Waals surface area contributed by atoms with E-state index in [4.69, 9.17) is 0 Å². The number of amides is 1. The van der Waals surface area contributed by atoms with Gasteiger partial charge in [-0.25, -0.2) is 4.39 Å². The van der Waals surface area contributed by atoms with Crippen LogP contribution in [0.15, 0.2) is 18.2 Å². The van der Waals surface area contributed by atoms with Crippen molar-refractivity contribution in [2.75, 3.05) is 0 Å². The fraction of sp³-hybridized carbons (Fsp3) is 0.357. The highest BCUT2D eigenvalue weighted by Crippen LogP contribution is 2.32. The van der Waals surface area contributed by atoms with Gasteiger partial charge in [-0.2, -0.15) is 0 Å². The van der Waals surface area contributed by atoms with Crippen LogP contribution >= 0.6 is 11.3 Å². The van der Waals surface area contributed by atoms with Gasteiger partial charge in [-0.1, -0.05) is 6.07 Å². The third-order valence-corrected chi connectivity index (χ3v) is 3.85. The summed E-state index contributed by atoms with van der Waals surface area (Å²) in [7, 11) is 0. The second-order valence-electron chi connectivity index (χ2n) is 5.37. The highest BCUT2D eigenvalue weighted by atomic mass is 32.1. The zero-order chi connectivity index (χ0) is 13.5. The molecule has 96 valence electrons. The SMILES string of the molecule is Cc1c(C(=O)NC(C)(C)C)sc2cccc(F)c12. The summed E-state index contributed by atoms with van der Waals surface area (Å²) in [6.45, 7) is 7.57. The van der Waals surface area contributed by atoms with E-state index in [9.17, 15) is 9.18 Å². The summed E-state index contributed by atoms with van der Waals surface area (Å²) in [6.07, 6.45) is 0. The molecular weight excluding hydrogens is 249 g/mol. The molecule has 2 nitrogen and oxygen atoms in total. The number of halogens is 1. The van der Waals surface area contributed by atoms with E-state index >= 15 is 0 Å². The quantitative estimate of drug-likeness (QED) is 0.833.